The van der Waals surface area contributed by atoms with Crippen molar-refractivity contribution < 1.29 is 12.4 Å². The summed E-state index contributed by atoms with van der Waals surface area (Å²) in [6.45, 7) is 6.62. The fourth-order valence-electron chi connectivity index (χ4n) is 1.05. The van der Waals surface area contributed by atoms with Crippen molar-refractivity contribution in [2.45, 2.75) is 20.8 Å². The molecule has 0 amide bonds. The Balaban J connectivity index is 0. The van der Waals surface area contributed by atoms with Crippen molar-refractivity contribution in [3.05, 3.63) is 42.3 Å². The number of benzene rings is 1. The summed E-state index contributed by atoms with van der Waals surface area (Å²) in [7, 11) is 0. The van der Waals surface area contributed by atoms with E-state index in [1.165, 1.54) is 5.56 Å². The van der Waals surface area contributed by atoms with Crippen molar-refractivity contribution in [3.63, 3.8) is 0 Å². The van der Waals surface area contributed by atoms with E-state index in [9.17, 15) is 0 Å². The summed E-state index contributed by atoms with van der Waals surface area (Å²) in [4.78, 5) is 0. The van der Waals surface area contributed by atoms with Crippen LogP contribution in [0.25, 0.3) is 0 Å². The fraction of sp³-hybridized carbons (Fsp3) is 0.364. The molecular weight excluding hydrogens is 192 g/mol. The first kappa shape index (κ1) is 15.6. The molecule has 0 heterocycles. The third kappa shape index (κ3) is 7.24. The van der Waals surface area contributed by atoms with Crippen molar-refractivity contribution in [1.29, 1.82) is 0 Å². The zero-order chi connectivity index (χ0) is 8.32. The van der Waals surface area contributed by atoms with Crippen LogP contribution in [0.5, 0.6) is 0 Å². The Morgan fingerprint density at radius 3 is 1.85 bits per heavy atom. The molecule has 0 spiro atoms. The molecule has 0 radical (unpaired) electrons. The zero-order valence-electron chi connectivity index (χ0n) is 8.55. The molecule has 0 atom stereocenters. The Bertz CT molecular complexity index is 213. The molecule has 68 valence electrons. The van der Waals surface area contributed by atoms with E-state index in [0.717, 1.165) is 0 Å². The Kier molecular flexibility index (Phi) is 7.90. The van der Waals surface area contributed by atoms with Crippen LogP contribution in [0.4, 0.5) is 0 Å². The molecule has 0 aliphatic rings. The van der Waals surface area contributed by atoms with Crippen LogP contribution in [-0.2, 0) is 0 Å². The average Bonchev–Trinajstić information content (AvgIpc) is 1.85. The van der Waals surface area contributed by atoms with Gasteiger partial charge in [-0.1, -0.05) is 32.3 Å². The van der Waals surface area contributed by atoms with E-state index in [1.54, 1.807) is 0 Å². The monoisotopic (exact) mass is 206 g/mol. The van der Waals surface area contributed by atoms with Crippen molar-refractivity contribution >= 4 is 23.1 Å². The van der Waals surface area contributed by atoms with Crippen LogP contribution in [0, 0.1) is 11.8 Å². The van der Waals surface area contributed by atoms with E-state index in [2.05, 4.69) is 51.5 Å². The second kappa shape index (κ2) is 6.58. The first-order chi connectivity index (χ1) is 5.08. The summed E-state index contributed by atoms with van der Waals surface area (Å²) >= 11 is 0. The number of hydrogen-bond acceptors (Lipinski definition) is 0. The molecular formula is C11H15ClMg. The van der Waals surface area contributed by atoms with E-state index in [1.807, 2.05) is 6.07 Å². The Morgan fingerprint density at radius 2 is 1.46 bits per heavy atom. The van der Waals surface area contributed by atoms with Gasteiger partial charge in [-0.2, -0.15) is 24.1 Å². The van der Waals surface area contributed by atoms with Gasteiger partial charge in [0.2, 0.25) is 0 Å². The summed E-state index contributed by atoms with van der Waals surface area (Å²) in [5, 5.41) is 0. The van der Waals surface area contributed by atoms with Gasteiger partial charge < -0.3 is 12.4 Å². The molecule has 0 saturated carbocycles. The van der Waals surface area contributed by atoms with Crippen LogP contribution in [0.15, 0.2) is 30.3 Å². The van der Waals surface area contributed by atoms with E-state index >= 15 is 0 Å². The maximum Gasteiger partial charge on any atom is 2.00 e. The maximum atomic E-state index is 2.27. The molecule has 2 heteroatoms. The number of rotatable bonds is 1. The summed E-state index contributed by atoms with van der Waals surface area (Å²) in [5.74, 6) is 0. The van der Waals surface area contributed by atoms with Gasteiger partial charge in [0.25, 0.3) is 0 Å². The van der Waals surface area contributed by atoms with Gasteiger partial charge in [-0.15, -0.1) is 12.1 Å². The topological polar surface area (TPSA) is 0 Å². The zero-order valence-corrected chi connectivity index (χ0v) is 10.7. The molecule has 0 N–H and O–H groups in total. The molecule has 0 aliphatic heterocycles. The minimum Gasteiger partial charge on any atom is -1.00 e. The van der Waals surface area contributed by atoms with Crippen molar-refractivity contribution in [2.24, 2.45) is 5.41 Å². The summed E-state index contributed by atoms with van der Waals surface area (Å²) in [5.41, 5.74) is 1.58. The van der Waals surface area contributed by atoms with Gasteiger partial charge >= 0.3 is 23.1 Å². The van der Waals surface area contributed by atoms with Crippen LogP contribution >= 0.6 is 0 Å². The largest absolute Gasteiger partial charge is 2.00 e. The molecule has 13 heavy (non-hydrogen) atoms. The Morgan fingerprint density at radius 1 is 1.00 bits per heavy atom. The van der Waals surface area contributed by atoms with E-state index in [4.69, 9.17) is 0 Å². The summed E-state index contributed by atoms with van der Waals surface area (Å²) in [6, 6.07) is 10.4. The quantitative estimate of drug-likeness (QED) is 0.446. The van der Waals surface area contributed by atoms with E-state index in [-0.39, 0.29) is 40.9 Å². The first-order valence-electron chi connectivity index (χ1n) is 3.99. The van der Waals surface area contributed by atoms with E-state index in [0.29, 0.717) is 0 Å². The number of halogens is 1. The average molecular weight is 207 g/mol. The van der Waals surface area contributed by atoms with Crippen LogP contribution in [0.3, 0.4) is 0 Å². The van der Waals surface area contributed by atoms with Crippen molar-refractivity contribution in [2.75, 3.05) is 0 Å². The normalized spacial score (nSPS) is 9.46. The standard InChI is InChI=1S/C11H15.ClH.Mg/c1-11(2,3)9-10-7-5-4-6-8-10;;/h4-9H,1-3H3;1H;/q-1;;+2/p-1. The molecule has 0 nitrogen and oxygen atoms in total. The van der Waals surface area contributed by atoms with Gasteiger partial charge in [0.05, 0.1) is 0 Å². The molecule has 0 unspecified atom stereocenters. The van der Waals surface area contributed by atoms with Gasteiger partial charge in [0.1, 0.15) is 0 Å². The Labute approximate surface area is 104 Å². The predicted octanol–water partition coefficient (Wildman–Crippen LogP) is -0.0917. The predicted molar refractivity (Wildman–Crippen MR) is 55.1 cm³/mol. The van der Waals surface area contributed by atoms with Crippen molar-refractivity contribution in [1.82, 2.24) is 0 Å². The minimum atomic E-state index is 0. The molecule has 0 saturated heterocycles. The van der Waals surface area contributed by atoms with Crippen LogP contribution in [0.1, 0.15) is 26.3 Å². The summed E-state index contributed by atoms with van der Waals surface area (Å²) in [6.07, 6.45) is 2.27. The van der Waals surface area contributed by atoms with Crippen LogP contribution < -0.4 is 12.4 Å². The third-order valence-corrected chi connectivity index (χ3v) is 1.40. The van der Waals surface area contributed by atoms with Crippen LogP contribution in [-0.4, -0.2) is 23.1 Å². The minimum absolute atomic E-state index is 0. The summed E-state index contributed by atoms with van der Waals surface area (Å²) < 4.78 is 0. The van der Waals surface area contributed by atoms with Gasteiger partial charge in [0, 0.05) is 0 Å². The molecule has 0 aromatic heterocycles. The molecule has 1 aromatic rings. The number of hydrogen-bond donors (Lipinski definition) is 0. The second-order valence-corrected chi connectivity index (χ2v) is 3.92. The molecule has 0 bridgehead atoms. The molecule has 1 rings (SSSR count). The van der Waals surface area contributed by atoms with Gasteiger partial charge in [-0.3, -0.25) is 0 Å². The van der Waals surface area contributed by atoms with Crippen molar-refractivity contribution in [3.8, 4) is 0 Å². The van der Waals surface area contributed by atoms with Gasteiger partial charge in [-0.05, 0) is 0 Å². The third-order valence-electron chi connectivity index (χ3n) is 1.40. The first-order valence-corrected chi connectivity index (χ1v) is 3.99. The van der Waals surface area contributed by atoms with E-state index < -0.39 is 0 Å². The van der Waals surface area contributed by atoms with Gasteiger partial charge in [0.15, 0.2) is 0 Å². The molecule has 0 fully saturated rings. The fourth-order valence-corrected chi connectivity index (χ4v) is 1.05. The Hall–Kier alpha value is 0.146. The maximum absolute atomic E-state index is 2.27. The smallest absolute Gasteiger partial charge is 1.00 e. The SMILES string of the molecule is CC(C)(C)[CH-]c1ccccc1.[Cl-].[Mg+2]. The van der Waals surface area contributed by atoms with Gasteiger partial charge in [-0.25, -0.2) is 0 Å². The molecule has 0 aliphatic carbocycles. The molecule has 1 aromatic carbocycles. The van der Waals surface area contributed by atoms with Crippen LogP contribution in [0.2, 0.25) is 0 Å². The second-order valence-electron chi connectivity index (χ2n) is 3.92.